The van der Waals surface area contributed by atoms with Gasteiger partial charge in [-0.2, -0.15) is 0 Å². The highest BCUT2D eigenvalue weighted by molar-refractivity contribution is 9.09. The van der Waals surface area contributed by atoms with Crippen LogP contribution < -0.4 is 4.74 Å². The van der Waals surface area contributed by atoms with Crippen molar-refractivity contribution in [3.63, 3.8) is 0 Å². The largest absolute Gasteiger partial charge is 0.496 e. The molecular formula is C15H22BrClN2O. The van der Waals surface area contributed by atoms with Crippen LogP contribution in [0.15, 0.2) is 18.2 Å². The SMILES string of the molecule is COc1ccc(Cl)cc1CN1CCCN(CCBr)CC1. The maximum atomic E-state index is 6.10. The quantitative estimate of drug-likeness (QED) is 0.749. The van der Waals surface area contributed by atoms with Gasteiger partial charge in [-0.25, -0.2) is 0 Å². The van der Waals surface area contributed by atoms with Crippen molar-refractivity contribution in [3.05, 3.63) is 28.8 Å². The Balaban J connectivity index is 1.97. The molecule has 0 saturated carbocycles. The fraction of sp³-hybridized carbons (Fsp3) is 0.600. The molecule has 1 heterocycles. The molecule has 0 aromatic heterocycles. The van der Waals surface area contributed by atoms with Crippen molar-refractivity contribution in [2.75, 3.05) is 45.2 Å². The smallest absolute Gasteiger partial charge is 0.123 e. The van der Waals surface area contributed by atoms with Crippen molar-refractivity contribution in [2.45, 2.75) is 13.0 Å². The van der Waals surface area contributed by atoms with Gasteiger partial charge in [-0.15, -0.1) is 0 Å². The second-order valence-corrected chi connectivity index (χ2v) is 6.35. The van der Waals surface area contributed by atoms with Gasteiger partial charge in [-0.3, -0.25) is 4.90 Å². The lowest BCUT2D eigenvalue weighted by Gasteiger charge is -2.22. The van der Waals surface area contributed by atoms with Crippen LogP contribution in [0.4, 0.5) is 0 Å². The molecule has 0 N–H and O–H groups in total. The summed E-state index contributed by atoms with van der Waals surface area (Å²) in [7, 11) is 1.72. The number of methoxy groups -OCH3 is 1. The van der Waals surface area contributed by atoms with E-state index in [0.29, 0.717) is 0 Å². The Hall–Kier alpha value is -0.290. The first kappa shape index (κ1) is 16.1. The van der Waals surface area contributed by atoms with E-state index in [1.807, 2.05) is 18.2 Å². The maximum absolute atomic E-state index is 6.10. The standard InChI is InChI=1S/C15H22BrClN2O/c1-20-15-4-3-14(17)11-13(15)12-19-7-2-6-18(8-5-16)9-10-19/h3-4,11H,2,5-10,12H2,1H3. The van der Waals surface area contributed by atoms with Gasteiger partial charge in [0.05, 0.1) is 7.11 Å². The average molecular weight is 362 g/mol. The van der Waals surface area contributed by atoms with Gasteiger partial charge in [0.1, 0.15) is 5.75 Å². The third-order valence-corrected chi connectivity index (χ3v) is 4.31. The molecule has 1 aromatic carbocycles. The van der Waals surface area contributed by atoms with E-state index in [2.05, 4.69) is 25.7 Å². The summed E-state index contributed by atoms with van der Waals surface area (Å²) in [6.45, 7) is 6.60. The number of nitrogens with zero attached hydrogens (tertiary/aromatic N) is 2. The Morgan fingerprint density at radius 1 is 1.20 bits per heavy atom. The van der Waals surface area contributed by atoms with Crippen molar-refractivity contribution in [1.29, 1.82) is 0 Å². The summed E-state index contributed by atoms with van der Waals surface area (Å²) >= 11 is 9.62. The number of hydrogen-bond acceptors (Lipinski definition) is 3. The minimum atomic E-state index is 0.775. The fourth-order valence-corrected chi connectivity index (χ4v) is 3.33. The number of ether oxygens (including phenoxy) is 1. The molecule has 0 spiro atoms. The predicted molar refractivity (Wildman–Crippen MR) is 88.1 cm³/mol. The molecule has 1 aromatic rings. The first-order valence-electron chi connectivity index (χ1n) is 7.06. The van der Waals surface area contributed by atoms with Crippen molar-refractivity contribution >= 4 is 27.5 Å². The van der Waals surface area contributed by atoms with Crippen molar-refractivity contribution < 1.29 is 4.74 Å². The van der Waals surface area contributed by atoms with Crippen molar-refractivity contribution in [3.8, 4) is 5.75 Å². The molecule has 112 valence electrons. The van der Waals surface area contributed by atoms with Crippen LogP contribution in [0.3, 0.4) is 0 Å². The van der Waals surface area contributed by atoms with E-state index in [9.17, 15) is 0 Å². The normalized spacial score (nSPS) is 17.9. The van der Waals surface area contributed by atoms with Gasteiger partial charge < -0.3 is 9.64 Å². The lowest BCUT2D eigenvalue weighted by Crippen LogP contribution is -2.31. The minimum absolute atomic E-state index is 0.775. The fourth-order valence-electron chi connectivity index (χ4n) is 2.64. The van der Waals surface area contributed by atoms with Gasteiger partial charge in [-0.1, -0.05) is 27.5 Å². The van der Waals surface area contributed by atoms with Crippen LogP contribution in [0.25, 0.3) is 0 Å². The molecule has 2 rings (SSSR count). The molecule has 0 unspecified atom stereocenters. The number of benzene rings is 1. The van der Waals surface area contributed by atoms with E-state index < -0.39 is 0 Å². The molecule has 0 atom stereocenters. The van der Waals surface area contributed by atoms with Crippen LogP contribution in [0, 0.1) is 0 Å². The van der Waals surface area contributed by atoms with Crippen molar-refractivity contribution in [1.82, 2.24) is 9.80 Å². The van der Waals surface area contributed by atoms with E-state index >= 15 is 0 Å². The second kappa shape index (κ2) is 8.23. The zero-order valence-corrected chi connectivity index (χ0v) is 14.3. The molecule has 5 heteroatoms. The zero-order valence-electron chi connectivity index (χ0n) is 11.9. The zero-order chi connectivity index (χ0) is 14.4. The van der Waals surface area contributed by atoms with Gasteiger partial charge >= 0.3 is 0 Å². The summed E-state index contributed by atoms with van der Waals surface area (Å²) in [5, 5.41) is 1.83. The van der Waals surface area contributed by atoms with E-state index in [1.54, 1.807) is 7.11 Å². The molecule has 1 aliphatic rings. The van der Waals surface area contributed by atoms with Crippen LogP contribution in [0.1, 0.15) is 12.0 Å². The Bertz CT molecular complexity index is 430. The number of halogens is 2. The van der Waals surface area contributed by atoms with E-state index in [4.69, 9.17) is 16.3 Å². The third kappa shape index (κ3) is 4.62. The number of rotatable bonds is 5. The van der Waals surface area contributed by atoms with Crippen LogP contribution in [-0.2, 0) is 6.54 Å². The van der Waals surface area contributed by atoms with Crippen LogP contribution in [0.2, 0.25) is 5.02 Å². The maximum Gasteiger partial charge on any atom is 0.123 e. The molecule has 20 heavy (non-hydrogen) atoms. The highest BCUT2D eigenvalue weighted by Gasteiger charge is 2.16. The van der Waals surface area contributed by atoms with E-state index in [-0.39, 0.29) is 0 Å². The molecule has 1 saturated heterocycles. The summed E-state index contributed by atoms with van der Waals surface area (Å²) < 4.78 is 5.43. The summed E-state index contributed by atoms with van der Waals surface area (Å²) in [6.07, 6.45) is 1.22. The first-order chi connectivity index (χ1) is 9.72. The summed E-state index contributed by atoms with van der Waals surface area (Å²) in [5.74, 6) is 0.927. The molecule has 0 radical (unpaired) electrons. The third-order valence-electron chi connectivity index (χ3n) is 3.72. The highest BCUT2D eigenvalue weighted by Crippen LogP contribution is 2.24. The predicted octanol–water partition coefficient (Wildman–Crippen LogP) is 3.25. The Labute approximate surface area is 135 Å². The van der Waals surface area contributed by atoms with Gasteiger partial charge in [0.15, 0.2) is 0 Å². The average Bonchev–Trinajstić information content (AvgIpc) is 2.65. The first-order valence-corrected chi connectivity index (χ1v) is 8.56. The Kier molecular flexibility index (Phi) is 6.62. The van der Waals surface area contributed by atoms with Gasteiger partial charge in [0, 0.05) is 42.1 Å². The molecule has 0 bridgehead atoms. The van der Waals surface area contributed by atoms with Gasteiger partial charge in [-0.05, 0) is 37.7 Å². The molecule has 0 aliphatic carbocycles. The summed E-state index contributed by atoms with van der Waals surface area (Å²) in [6, 6.07) is 5.85. The van der Waals surface area contributed by atoms with Crippen LogP contribution in [0.5, 0.6) is 5.75 Å². The summed E-state index contributed by atoms with van der Waals surface area (Å²) in [4.78, 5) is 5.01. The van der Waals surface area contributed by atoms with Crippen LogP contribution in [-0.4, -0.2) is 55.0 Å². The lowest BCUT2D eigenvalue weighted by molar-refractivity contribution is 0.255. The van der Waals surface area contributed by atoms with E-state index in [0.717, 1.165) is 48.8 Å². The van der Waals surface area contributed by atoms with Crippen molar-refractivity contribution in [2.24, 2.45) is 0 Å². The molecular weight excluding hydrogens is 340 g/mol. The Morgan fingerprint density at radius 3 is 2.70 bits per heavy atom. The van der Waals surface area contributed by atoms with Gasteiger partial charge in [0.2, 0.25) is 0 Å². The minimum Gasteiger partial charge on any atom is -0.496 e. The highest BCUT2D eigenvalue weighted by atomic mass is 79.9. The van der Waals surface area contributed by atoms with Crippen LogP contribution >= 0.6 is 27.5 Å². The Morgan fingerprint density at radius 2 is 1.95 bits per heavy atom. The molecule has 1 aliphatic heterocycles. The lowest BCUT2D eigenvalue weighted by atomic mass is 10.2. The monoisotopic (exact) mass is 360 g/mol. The molecule has 3 nitrogen and oxygen atoms in total. The van der Waals surface area contributed by atoms with Gasteiger partial charge in [0.25, 0.3) is 0 Å². The topological polar surface area (TPSA) is 15.7 Å². The van der Waals surface area contributed by atoms with E-state index in [1.165, 1.54) is 18.5 Å². The number of hydrogen-bond donors (Lipinski definition) is 0. The summed E-state index contributed by atoms with van der Waals surface area (Å²) in [5.41, 5.74) is 1.17. The number of alkyl halides is 1. The molecule has 0 amide bonds. The molecule has 1 fully saturated rings. The second-order valence-electron chi connectivity index (χ2n) is 5.12.